The first-order valence-corrected chi connectivity index (χ1v) is 7.55. The van der Waals surface area contributed by atoms with Crippen LogP contribution < -0.4 is 0 Å². The summed E-state index contributed by atoms with van der Waals surface area (Å²) in [4.78, 5) is 16.2. The van der Waals surface area contributed by atoms with Gasteiger partial charge in [-0.1, -0.05) is 0 Å². The Kier molecular flexibility index (Phi) is 5.19. The molecule has 0 aromatic carbocycles. The number of hydrogen-bond donors (Lipinski definition) is 0. The zero-order valence-electron chi connectivity index (χ0n) is 12.0. The van der Waals surface area contributed by atoms with Gasteiger partial charge < -0.3 is 9.80 Å². The maximum absolute atomic E-state index is 11.2. The summed E-state index contributed by atoms with van der Waals surface area (Å²) in [5.74, 6) is 1.35. The summed E-state index contributed by atoms with van der Waals surface area (Å²) in [6, 6.07) is 0.657. The van der Waals surface area contributed by atoms with Crippen LogP contribution in [0.4, 0.5) is 0 Å². The van der Waals surface area contributed by atoms with Gasteiger partial charge in [-0.3, -0.25) is 4.79 Å². The van der Waals surface area contributed by atoms with E-state index in [-0.39, 0.29) is 0 Å². The number of ketones is 1. The lowest BCUT2D eigenvalue weighted by atomic mass is 9.92. The van der Waals surface area contributed by atoms with Crippen LogP contribution in [0.5, 0.6) is 0 Å². The average molecular weight is 252 g/mol. The standard InChI is InChI=1S/C15H28N2O/c1-16-10-3-4-13(12-16)9-11-17(2)14-5-7-15(18)8-6-14/h13-14H,3-12H2,1-2H3. The molecular formula is C15H28N2O. The number of rotatable bonds is 4. The minimum Gasteiger partial charge on any atom is -0.306 e. The Labute approximate surface area is 112 Å². The average Bonchev–Trinajstić information content (AvgIpc) is 2.37. The Balaban J connectivity index is 1.67. The molecule has 2 fully saturated rings. The Bertz CT molecular complexity index is 270. The summed E-state index contributed by atoms with van der Waals surface area (Å²) in [6.45, 7) is 3.76. The van der Waals surface area contributed by atoms with Gasteiger partial charge in [-0.05, 0) is 65.2 Å². The topological polar surface area (TPSA) is 23.6 Å². The van der Waals surface area contributed by atoms with Crippen molar-refractivity contribution in [1.29, 1.82) is 0 Å². The molecule has 0 amide bonds. The van der Waals surface area contributed by atoms with E-state index < -0.39 is 0 Å². The van der Waals surface area contributed by atoms with E-state index in [0.29, 0.717) is 11.8 Å². The van der Waals surface area contributed by atoms with Crippen molar-refractivity contribution in [3.63, 3.8) is 0 Å². The van der Waals surface area contributed by atoms with Gasteiger partial charge in [0.2, 0.25) is 0 Å². The molecule has 2 aliphatic rings. The van der Waals surface area contributed by atoms with Crippen LogP contribution in [0.15, 0.2) is 0 Å². The van der Waals surface area contributed by atoms with Gasteiger partial charge in [-0.25, -0.2) is 0 Å². The highest BCUT2D eigenvalue weighted by Crippen LogP contribution is 2.22. The van der Waals surface area contributed by atoms with Crippen molar-refractivity contribution in [3.05, 3.63) is 0 Å². The van der Waals surface area contributed by atoms with E-state index >= 15 is 0 Å². The summed E-state index contributed by atoms with van der Waals surface area (Å²) in [5.41, 5.74) is 0. The molecule has 0 N–H and O–H groups in total. The monoisotopic (exact) mass is 252 g/mol. The molecule has 0 spiro atoms. The third kappa shape index (κ3) is 4.06. The Morgan fingerprint density at radius 2 is 2.00 bits per heavy atom. The van der Waals surface area contributed by atoms with Gasteiger partial charge in [0.25, 0.3) is 0 Å². The van der Waals surface area contributed by atoms with Crippen LogP contribution in [0.2, 0.25) is 0 Å². The predicted octanol–water partition coefficient (Wildman–Crippen LogP) is 2.16. The number of piperidine rings is 1. The van der Waals surface area contributed by atoms with E-state index in [1.165, 1.54) is 38.9 Å². The largest absolute Gasteiger partial charge is 0.306 e. The van der Waals surface area contributed by atoms with Gasteiger partial charge in [0.15, 0.2) is 0 Å². The first-order chi connectivity index (χ1) is 8.65. The number of hydrogen-bond acceptors (Lipinski definition) is 3. The molecule has 1 saturated carbocycles. The number of likely N-dealkylation sites (tertiary alicyclic amines) is 1. The Hall–Kier alpha value is -0.410. The molecule has 1 atom stereocenters. The molecule has 1 aliphatic heterocycles. The van der Waals surface area contributed by atoms with E-state index in [4.69, 9.17) is 0 Å². The molecule has 104 valence electrons. The molecule has 18 heavy (non-hydrogen) atoms. The number of carbonyl (C=O) groups excluding carboxylic acids is 1. The van der Waals surface area contributed by atoms with Crippen LogP contribution in [0, 0.1) is 5.92 Å². The van der Waals surface area contributed by atoms with Crippen molar-refractivity contribution in [2.75, 3.05) is 33.7 Å². The van der Waals surface area contributed by atoms with E-state index in [1.54, 1.807) is 0 Å². The summed E-state index contributed by atoms with van der Waals surface area (Å²) >= 11 is 0. The molecule has 2 rings (SSSR count). The van der Waals surface area contributed by atoms with E-state index in [1.807, 2.05) is 0 Å². The summed E-state index contributed by atoms with van der Waals surface area (Å²) in [7, 11) is 4.48. The second-order valence-corrected chi connectivity index (χ2v) is 6.31. The zero-order valence-corrected chi connectivity index (χ0v) is 12.0. The lowest BCUT2D eigenvalue weighted by Gasteiger charge is -2.34. The molecule has 1 unspecified atom stereocenters. The SMILES string of the molecule is CN1CCCC(CCN(C)C2CCC(=O)CC2)C1. The van der Waals surface area contributed by atoms with Crippen LogP contribution in [-0.2, 0) is 4.79 Å². The summed E-state index contributed by atoms with van der Waals surface area (Å²) < 4.78 is 0. The third-order valence-corrected chi connectivity index (χ3v) is 4.75. The normalized spacial score (nSPS) is 27.9. The second-order valence-electron chi connectivity index (χ2n) is 6.31. The molecule has 3 heteroatoms. The lowest BCUT2D eigenvalue weighted by molar-refractivity contribution is -0.121. The molecule has 1 aliphatic carbocycles. The van der Waals surface area contributed by atoms with Crippen molar-refractivity contribution in [3.8, 4) is 0 Å². The van der Waals surface area contributed by atoms with Gasteiger partial charge in [-0.2, -0.15) is 0 Å². The van der Waals surface area contributed by atoms with Gasteiger partial charge >= 0.3 is 0 Å². The van der Waals surface area contributed by atoms with Crippen LogP contribution in [0.1, 0.15) is 44.9 Å². The maximum atomic E-state index is 11.2. The quantitative estimate of drug-likeness (QED) is 0.766. The van der Waals surface area contributed by atoms with Gasteiger partial charge in [0, 0.05) is 25.4 Å². The molecule has 1 saturated heterocycles. The molecule has 0 aromatic heterocycles. The smallest absolute Gasteiger partial charge is 0.133 e. The van der Waals surface area contributed by atoms with Crippen LogP contribution in [0.3, 0.4) is 0 Å². The number of carbonyl (C=O) groups is 1. The van der Waals surface area contributed by atoms with Gasteiger partial charge in [0.1, 0.15) is 5.78 Å². The number of Topliss-reactive ketones (excluding diaryl/α,β-unsaturated/α-hetero) is 1. The Morgan fingerprint density at radius 3 is 2.67 bits per heavy atom. The van der Waals surface area contributed by atoms with Crippen molar-refractivity contribution in [1.82, 2.24) is 9.80 Å². The first kappa shape index (κ1) is 14.0. The van der Waals surface area contributed by atoms with Gasteiger partial charge in [-0.15, -0.1) is 0 Å². The van der Waals surface area contributed by atoms with Gasteiger partial charge in [0.05, 0.1) is 0 Å². The third-order valence-electron chi connectivity index (χ3n) is 4.75. The van der Waals surface area contributed by atoms with Crippen molar-refractivity contribution >= 4 is 5.78 Å². The fraction of sp³-hybridized carbons (Fsp3) is 0.933. The van der Waals surface area contributed by atoms with Crippen molar-refractivity contribution in [2.24, 2.45) is 5.92 Å². The highest BCUT2D eigenvalue weighted by Gasteiger charge is 2.23. The minimum atomic E-state index is 0.466. The molecular weight excluding hydrogens is 224 g/mol. The lowest BCUT2D eigenvalue weighted by Crippen LogP contribution is -2.38. The second kappa shape index (κ2) is 6.67. The Morgan fingerprint density at radius 1 is 1.28 bits per heavy atom. The van der Waals surface area contributed by atoms with E-state index in [2.05, 4.69) is 23.9 Å². The predicted molar refractivity (Wildman–Crippen MR) is 74.7 cm³/mol. The highest BCUT2D eigenvalue weighted by molar-refractivity contribution is 5.79. The van der Waals surface area contributed by atoms with Crippen molar-refractivity contribution < 1.29 is 4.79 Å². The molecule has 0 radical (unpaired) electrons. The molecule has 0 bridgehead atoms. The summed E-state index contributed by atoms with van der Waals surface area (Å²) in [6.07, 6.45) is 7.87. The highest BCUT2D eigenvalue weighted by atomic mass is 16.1. The molecule has 1 heterocycles. The fourth-order valence-corrected chi connectivity index (χ4v) is 3.44. The van der Waals surface area contributed by atoms with Crippen LogP contribution in [-0.4, -0.2) is 55.4 Å². The minimum absolute atomic E-state index is 0.466. The number of nitrogens with zero attached hydrogens (tertiary/aromatic N) is 2. The molecule has 3 nitrogen and oxygen atoms in total. The van der Waals surface area contributed by atoms with Crippen molar-refractivity contribution in [2.45, 2.75) is 51.0 Å². The first-order valence-electron chi connectivity index (χ1n) is 7.55. The maximum Gasteiger partial charge on any atom is 0.133 e. The van der Waals surface area contributed by atoms with E-state index in [0.717, 1.165) is 31.6 Å². The zero-order chi connectivity index (χ0) is 13.0. The summed E-state index contributed by atoms with van der Waals surface area (Å²) in [5, 5.41) is 0. The van der Waals surface area contributed by atoms with Crippen LogP contribution in [0.25, 0.3) is 0 Å². The van der Waals surface area contributed by atoms with E-state index in [9.17, 15) is 4.79 Å². The van der Waals surface area contributed by atoms with Crippen LogP contribution >= 0.6 is 0 Å². The molecule has 0 aromatic rings. The fourth-order valence-electron chi connectivity index (χ4n) is 3.44.